The minimum absolute atomic E-state index is 0.799. The Labute approximate surface area is 93.7 Å². The van der Waals surface area contributed by atoms with Gasteiger partial charge in [0.15, 0.2) is 5.96 Å². The molecule has 2 N–H and O–H groups in total. The van der Waals surface area contributed by atoms with Crippen molar-refractivity contribution in [2.75, 3.05) is 20.1 Å². The molecule has 0 saturated heterocycles. The monoisotopic (exact) mass is 211 g/mol. The van der Waals surface area contributed by atoms with Crippen molar-refractivity contribution in [3.63, 3.8) is 0 Å². The molecule has 0 amide bonds. The summed E-state index contributed by atoms with van der Waals surface area (Å²) in [7, 11) is 1.84. The Kier molecular flexibility index (Phi) is 5.51. The van der Waals surface area contributed by atoms with E-state index in [0.29, 0.717) is 0 Å². The second-order valence-electron chi connectivity index (χ2n) is 4.86. The predicted octanol–water partition coefficient (Wildman–Crippen LogP) is 2.00. The van der Waals surface area contributed by atoms with Crippen molar-refractivity contribution in [1.29, 1.82) is 0 Å². The normalized spacial score (nSPS) is 16.9. The minimum Gasteiger partial charge on any atom is -0.356 e. The average Bonchev–Trinajstić information content (AvgIpc) is 3.00. The van der Waals surface area contributed by atoms with Gasteiger partial charge in [-0.15, -0.1) is 0 Å². The molecular weight excluding hydrogens is 186 g/mol. The number of nitrogens with zero attached hydrogens (tertiary/aromatic N) is 1. The molecule has 3 nitrogen and oxygen atoms in total. The molecule has 1 saturated carbocycles. The van der Waals surface area contributed by atoms with E-state index in [-0.39, 0.29) is 0 Å². The Morgan fingerprint density at radius 2 is 2.07 bits per heavy atom. The molecule has 1 aliphatic carbocycles. The molecule has 1 fully saturated rings. The van der Waals surface area contributed by atoms with Gasteiger partial charge >= 0.3 is 0 Å². The third-order valence-electron chi connectivity index (χ3n) is 2.73. The van der Waals surface area contributed by atoms with Crippen LogP contribution in [0.1, 0.15) is 39.5 Å². The molecule has 0 aromatic carbocycles. The van der Waals surface area contributed by atoms with E-state index < -0.39 is 0 Å². The summed E-state index contributed by atoms with van der Waals surface area (Å²) in [4.78, 5) is 4.20. The van der Waals surface area contributed by atoms with Gasteiger partial charge in [0.1, 0.15) is 0 Å². The predicted molar refractivity (Wildman–Crippen MR) is 66.2 cm³/mol. The van der Waals surface area contributed by atoms with Gasteiger partial charge in [-0.1, -0.05) is 13.8 Å². The molecule has 0 bridgehead atoms. The quantitative estimate of drug-likeness (QED) is 0.400. The van der Waals surface area contributed by atoms with Crippen LogP contribution in [0.5, 0.6) is 0 Å². The van der Waals surface area contributed by atoms with Crippen molar-refractivity contribution in [2.24, 2.45) is 16.8 Å². The summed E-state index contributed by atoms with van der Waals surface area (Å²) in [5.74, 6) is 2.66. The Hall–Kier alpha value is -0.730. The molecule has 0 spiro atoms. The molecule has 0 heterocycles. The molecule has 15 heavy (non-hydrogen) atoms. The molecule has 1 aliphatic rings. The third-order valence-corrected chi connectivity index (χ3v) is 2.73. The fraction of sp³-hybridized carbons (Fsp3) is 0.917. The number of rotatable bonds is 6. The van der Waals surface area contributed by atoms with E-state index >= 15 is 0 Å². The topological polar surface area (TPSA) is 36.4 Å². The minimum atomic E-state index is 0.799. The number of hydrogen-bond acceptors (Lipinski definition) is 1. The molecule has 0 unspecified atom stereocenters. The van der Waals surface area contributed by atoms with E-state index in [2.05, 4.69) is 29.5 Å². The summed E-state index contributed by atoms with van der Waals surface area (Å²) in [6.45, 7) is 6.65. The molecule has 0 radical (unpaired) electrons. The lowest BCUT2D eigenvalue weighted by Gasteiger charge is -2.11. The summed E-state index contributed by atoms with van der Waals surface area (Å²) < 4.78 is 0. The van der Waals surface area contributed by atoms with Crippen LogP contribution in [-0.2, 0) is 0 Å². The number of guanidine groups is 1. The first-order valence-corrected chi connectivity index (χ1v) is 6.17. The Bertz CT molecular complexity index is 195. The highest BCUT2D eigenvalue weighted by molar-refractivity contribution is 5.79. The van der Waals surface area contributed by atoms with Crippen molar-refractivity contribution in [3.8, 4) is 0 Å². The van der Waals surface area contributed by atoms with E-state index in [0.717, 1.165) is 30.9 Å². The zero-order chi connectivity index (χ0) is 11.1. The van der Waals surface area contributed by atoms with Gasteiger partial charge in [-0.25, -0.2) is 0 Å². The van der Waals surface area contributed by atoms with Crippen molar-refractivity contribution in [3.05, 3.63) is 0 Å². The average molecular weight is 211 g/mol. The van der Waals surface area contributed by atoms with Crippen LogP contribution in [-0.4, -0.2) is 26.1 Å². The zero-order valence-electron chi connectivity index (χ0n) is 10.3. The van der Waals surface area contributed by atoms with Crippen molar-refractivity contribution < 1.29 is 0 Å². The van der Waals surface area contributed by atoms with Gasteiger partial charge in [0.25, 0.3) is 0 Å². The third kappa shape index (κ3) is 6.37. The van der Waals surface area contributed by atoms with Crippen LogP contribution in [0.2, 0.25) is 0 Å². The first kappa shape index (κ1) is 12.3. The molecule has 0 aromatic rings. The largest absolute Gasteiger partial charge is 0.356 e. The van der Waals surface area contributed by atoms with Gasteiger partial charge in [0.2, 0.25) is 0 Å². The molecule has 0 aromatic heterocycles. The van der Waals surface area contributed by atoms with E-state index in [9.17, 15) is 0 Å². The number of hydrogen-bond donors (Lipinski definition) is 2. The highest BCUT2D eigenvalue weighted by Crippen LogP contribution is 2.27. The SMILES string of the molecule is CN=C(NCCCC(C)C)NCC1CC1. The van der Waals surface area contributed by atoms with E-state index in [1.54, 1.807) is 0 Å². The smallest absolute Gasteiger partial charge is 0.190 e. The molecule has 88 valence electrons. The van der Waals surface area contributed by atoms with Crippen LogP contribution in [0, 0.1) is 11.8 Å². The van der Waals surface area contributed by atoms with Gasteiger partial charge in [-0.2, -0.15) is 0 Å². The van der Waals surface area contributed by atoms with Gasteiger partial charge in [0, 0.05) is 20.1 Å². The summed E-state index contributed by atoms with van der Waals surface area (Å²) in [6, 6.07) is 0. The molecule has 0 atom stereocenters. The summed E-state index contributed by atoms with van der Waals surface area (Å²) in [5, 5.41) is 6.71. The fourth-order valence-electron chi connectivity index (χ4n) is 1.50. The number of aliphatic imine (C=N–C) groups is 1. The fourth-order valence-corrected chi connectivity index (χ4v) is 1.50. The van der Waals surface area contributed by atoms with Gasteiger partial charge in [-0.3, -0.25) is 4.99 Å². The molecule has 3 heteroatoms. The van der Waals surface area contributed by atoms with E-state index in [1.165, 1.54) is 25.7 Å². The van der Waals surface area contributed by atoms with Crippen molar-refractivity contribution >= 4 is 5.96 Å². The second kappa shape index (κ2) is 6.70. The first-order chi connectivity index (χ1) is 7.22. The standard InChI is InChI=1S/C12H25N3/c1-10(2)5-4-8-14-12(13-3)15-9-11-6-7-11/h10-11H,4-9H2,1-3H3,(H2,13,14,15). The molecular formula is C12H25N3. The lowest BCUT2D eigenvalue weighted by atomic mass is 10.1. The van der Waals surface area contributed by atoms with Crippen LogP contribution >= 0.6 is 0 Å². The summed E-state index contributed by atoms with van der Waals surface area (Å²) in [5.41, 5.74) is 0. The maximum atomic E-state index is 4.20. The maximum absolute atomic E-state index is 4.20. The molecule has 1 rings (SSSR count). The van der Waals surface area contributed by atoms with Crippen molar-refractivity contribution in [1.82, 2.24) is 10.6 Å². The van der Waals surface area contributed by atoms with Crippen LogP contribution in [0.15, 0.2) is 4.99 Å². The molecule has 0 aliphatic heterocycles. The van der Waals surface area contributed by atoms with Gasteiger partial charge in [0.05, 0.1) is 0 Å². The maximum Gasteiger partial charge on any atom is 0.190 e. The van der Waals surface area contributed by atoms with Gasteiger partial charge < -0.3 is 10.6 Å². The van der Waals surface area contributed by atoms with Crippen molar-refractivity contribution in [2.45, 2.75) is 39.5 Å². The number of nitrogens with one attached hydrogen (secondary N) is 2. The highest BCUT2D eigenvalue weighted by Gasteiger charge is 2.20. The Morgan fingerprint density at radius 1 is 1.33 bits per heavy atom. The van der Waals surface area contributed by atoms with E-state index in [1.807, 2.05) is 7.05 Å². The lowest BCUT2D eigenvalue weighted by Crippen LogP contribution is -2.38. The lowest BCUT2D eigenvalue weighted by molar-refractivity contribution is 0.549. The van der Waals surface area contributed by atoms with Crippen LogP contribution in [0.25, 0.3) is 0 Å². The first-order valence-electron chi connectivity index (χ1n) is 6.17. The van der Waals surface area contributed by atoms with Crippen LogP contribution in [0.3, 0.4) is 0 Å². The van der Waals surface area contributed by atoms with E-state index in [4.69, 9.17) is 0 Å². The Balaban J connectivity index is 2.00. The summed E-state index contributed by atoms with van der Waals surface area (Å²) in [6.07, 6.45) is 5.28. The summed E-state index contributed by atoms with van der Waals surface area (Å²) >= 11 is 0. The second-order valence-corrected chi connectivity index (χ2v) is 4.86. The van der Waals surface area contributed by atoms with Crippen LogP contribution < -0.4 is 10.6 Å². The Morgan fingerprint density at radius 3 is 2.60 bits per heavy atom. The van der Waals surface area contributed by atoms with Gasteiger partial charge in [-0.05, 0) is 37.5 Å². The highest BCUT2D eigenvalue weighted by atomic mass is 15.2. The van der Waals surface area contributed by atoms with Crippen LogP contribution in [0.4, 0.5) is 0 Å². The zero-order valence-corrected chi connectivity index (χ0v) is 10.3.